The van der Waals surface area contributed by atoms with Crippen molar-refractivity contribution in [2.45, 2.75) is 111 Å². The Balaban J connectivity index is 1.72. The fourth-order valence-electron chi connectivity index (χ4n) is 6.51. The van der Waals surface area contributed by atoms with E-state index in [1.807, 2.05) is 13.8 Å². The number of rotatable bonds is 26. The van der Waals surface area contributed by atoms with Crippen molar-refractivity contribution in [3.63, 3.8) is 0 Å². The van der Waals surface area contributed by atoms with Crippen LogP contribution in [0.15, 0.2) is 52.9 Å². The van der Waals surface area contributed by atoms with Crippen LogP contribution in [0.3, 0.4) is 0 Å². The second-order valence-corrected chi connectivity index (χ2v) is 14.6. The van der Waals surface area contributed by atoms with E-state index in [1.165, 1.54) is 42.5 Å². The molecule has 1 heterocycles. The maximum Gasteiger partial charge on any atom is 0.378 e. The Kier molecular flexibility index (Phi) is 20.7. The van der Waals surface area contributed by atoms with Gasteiger partial charge in [0.25, 0.3) is 17.8 Å². The monoisotopic (exact) mass is 862 g/mol. The van der Waals surface area contributed by atoms with Crippen LogP contribution >= 0.6 is 0 Å². The van der Waals surface area contributed by atoms with Gasteiger partial charge in [-0.05, 0) is 80.1 Å². The number of hydroxylamine groups is 2. The number of amides is 4. The van der Waals surface area contributed by atoms with Crippen molar-refractivity contribution in [2.24, 2.45) is 5.92 Å². The minimum atomic E-state index is -1.39. The molecule has 0 aliphatic carbocycles. The summed E-state index contributed by atoms with van der Waals surface area (Å²) < 4.78 is 34.9. The Morgan fingerprint density at radius 1 is 0.887 bits per heavy atom. The molecular weight excluding hydrogens is 806 g/mol. The van der Waals surface area contributed by atoms with E-state index < -0.39 is 65.9 Å². The van der Waals surface area contributed by atoms with Crippen molar-refractivity contribution in [3.05, 3.63) is 76.8 Å². The average molecular weight is 863 g/mol. The Hall–Kier alpha value is -6.20. The second-order valence-electron chi connectivity index (χ2n) is 14.6. The smallest absolute Gasteiger partial charge is 0.378 e. The molecule has 16 nitrogen and oxygen atoms in total. The second kappa shape index (κ2) is 25.5. The van der Waals surface area contributed by atoms with Gasteiger partial charge in [0.05, 0.1) is 49.4 Å². The third-order valence-corrected chi connectivity index (χ3v) is 9.80. The number of carbonyl (C=O) groups is 7. The molecule has 1 aromatic heterocycles. The SMILES string of the molecule is [B]OC(=O)C[C@H](NC(=O)c1ccc(-c2ccc(C(=O)NCNC(=O)[C@H](CCCCC)[C@@H](CC)N(C=O)OC(=O)c3ccc(F)cc3C(C)C)o2)cc1OCC)C(=O)OCCCC. The van der Waals surface area contributed by atoms with Gasteiger partial charge in [0.15, 0.2) is 5.76 Å². The number of nitrogens with one attached hydrogen (secondary N) is 3. The third-order valence-electron chi connectivity index (χ3n) is 9.80. The topological polar surface area (TPSA) is 209 Å². The molecule has 0 saturated heterocycles. The summed E-state index contributed by atoms with van der Waals surface area (Å²) in [6, 6.07) is 8.83. The van der Waals surface area contributed by atoms with Crippen LogP contribution < -0.4 is 20.7 Å². The Morgan fingerprint density at radius 2 is 1.61 bits per heavy atom. The van der Waals surface area contributed by atoms with Gasteiger partial charge in [-0.3, -0.25) is 24.0 Å². The molecule has 0 spiro atoms. The van der Waals surface area contributed by atoms with Crippen LogP contribution in [0.25, 0.3) is 11.3 Å². The van der Waals surface area contributed by atoms with E-state index in [-0.39, 0.29) is 60.6 Å². The van der Waals surface area contributed by atoms with Crippen molar-refractivity contribution < 1.29 is 61.3 Å². The molecule has 62 heavy (non-hydrogen) atoms. The number of hydrogen-bond donors (Lipinski definition) is 3. The van der Waals surface area contributed by atoms with Crippen molar-refractivity contribution in [1.82, 2.24) is 21.0 Å². The molecule has 3 aromatic rings. The van der Waals surface area contributed by atoms with Crippen LogP contribution in [0.5, 0.6) is 5.75 Å². The minimum absolute atomic E-state index is 0.0317. The summed E-state index contributed by atoms with van der Waals surface area (Å²) in [6.07, 6.45) is 4.01. The molecular formula is C44H56BFN4O12. The Bertz CT molecular complexity index is 2010. The van der Waals surface area contributed by atoms with E-state index in [0.29, 0.717) is 36.8 Å². The van der Waals surface area contributed by atoms with Gasteiger partial charge in [0.1, 0.15) is 23.4 Å². The van der Waals surface area contributed by atoms with Gasteiger partial charge in [-0.25, -0.2) is 14.0 Å². The van der Waals surface area contributed by atoms with Gasteiger partial charge in [-0.2, -0.15) is 5.06 Å². The van der Waals surface area contributed by atoms with Crippen molar-refractivity contribution >= 4 is 50.1 Å². The highest BCUT2D eigenvalue weighted by molar-refractivity contribution is 6.06. The average Bonchev–Trinajstić information content (AvgIpc) is 3.76. The first-order chi connectivity index (χ1) is 29.7. The number of carbonyl (C=O) groups excluding carboxylic acids is 7. The summed E-state index contributed by atoms with van der Waals surface area (Å²) in [5, 5.41) is 8.59. The van der Waals surface area contributed by atoms with E-state index in [2.05, 4.69) is 20.6 Å². The zero-order valence-electron chi connectivity index (χ0n) is 36.1. The zero-order valence-corrected chi connectivity index (χ0v) is 36.1. The van der Waals surface area contributed by atoms with Gasteiger partial charge in [-0.15, -0.1) is 0 Å². The van der Waals surface area contributed by atoms with Gasteiger partial charge < -0.3 is 39.3 Å². The van der Waals surface area contributed by atoms with E-state index in [9.17, 15) is 38.0 Å². The highest BCUT2D eigenvalue weighted by atomic mass is 19.1. The summed E-state index contributed by atoms with van der Waals surface area (Å²) in [4.78, 5) is 95.9. The highest BCUT2D eigenvalue weighted by Crippen LogP contribution is 2.30. The fraction of sp³-hybridized carbons (Fsp3) is 0.477. The first-order valence-electron chi connectivity index (χ1n) is 20.8. The summed E-state index contributed by atoms with van der Waals surface area (Å²) >= 11 is 0. The first-order valence-corrected chi connectivity index (χ1v) is 20.8. The van der Waals surface area contributed by atoms with Gasteiger partial charge >= 0.3 is 20.0 Å². The largest absolute Gasteiger partial charge is 0.543 e. The van der Waals surface area contributed by atoms with Crippen molar-refractivity contribution in [2.75, 3.05) is 19.9 Å². The summed E-state index contributed by atoms with van der Waals surface area (Å²) in [5.41, 5.74) is 0.960. The minimum Gasteiger partial charge on any atom is -0.543 e. The molecule has 3 rings (SSSR count). The Morgan fingerprint density at radius 3 is 2.26 bits per heavy atom. The lowest BCUT2D eigenvalue weighted by molar-refractivity contribution is -0.171. The summed E-state index contributed by atoms with van der Waals surface area (Å²) in [5.74, 6) is -5.86. The van der Waals surface area contributed by atoms with Gasteiger partial charge in [0, 0.05) is 5.56 Å². The normalized spacial score (nSPS) is 12.3. The van der Waals surface area contributed by atoms with Gasteiger partial charge in [0.2, 0.25) is 12.3 Å². The first kappa shape index (κ1) is 50.2. The molecule has 0 aliphatic heterocycles. The van der Waals surface area contributed by atoms with Crippen LogP contribution in [-0.2, 0) is 33.4 Å². The van der Waals surface area contributed by atoms with E-state index >= 15 is 0 Å². The molecule has 3 N–H and O–H groups in total. The number of hydrogen-bond acceptors (Lipinski definition) is 12. The number of benzene rings is 2. The van der Waals surface area contributed by atoms with Crippen LogP contribution in [-0.4, -0.2) is 87.1 Å². The molecule has 0 bridgehead atoms. The van der Waals surface area contributed by atoms with E-state index in [1.54, 1.807) is 27.7 Å². The molecule has 0 fully saturated rings. The summed E-state index contributed by atoms with van der Waals surface area (Å²) in [6.45, 7) is 10.9. The summed E-state index contributed by atoms with van der Waals surface area (Å²) in [7, 11) is 4.96. The van der Waals surface area contributed by atoms with Crippen molar-refractivity contribution in [1.29, 1.82) is 0 Å². The molecule has 0 unspecified atom stereocenters. The third kappa shape index (κ3) is 14.5. The molecule has 2 aromatic carbocycles. The van der Waals surface area contributed by atoms with Crippen LogP contribution in [0, 0.1) is 11.7 Å². The molecule has 18 heteroatoms. The quantitative estimate of drug-likeness (QED) is 0.0210. The lowest BCUT2D eigenvalue weighted by Gasteiger charge is -2.32. The maximum absolute atomic E-state index is 14.0. The van der Waals surface area contributed by atoms with E-state index in [0.717, 1.165) is 30.4 Å². The maximum atomic E-state index is 14.0. The van der Waals surface area contributed by atoms with Gasteiger partial charge in [-0.1, -0.05) is 66.4 Å². The molecule has 334 valence electrons. The molecule has 4 amide bonds. The van der Waals surface area contributed by atoms with Crippen molar-refractivity contribution in [3.8, 4) is 17.1 Å². The lowest BCUT2D eigenvalue weighted by atomic mass is 9.90. The zero-order chi connectivity index (χ0) is 45.8. The number of unbranched alkanes of at least 4 members (excludes halogenated alkanes) is 3. The number of ether oxygens (including phenoxy) is 2. The van der Waals surface area contributed by atoms with E-state index in [4.69, 9.17) is 26.8 Å². The van der Waals surface area contributed by atoms with Crippen LogP contribution in [0.1, 0.15) is 136 Å². The van der Waals surface area contributed by atoms with Crippen LogP contribution in [0.4, 0.5) is 4.39 Å². The predicted octanol–water partition coefficient (Wildman–Crippen LogP) is 6.08. The standard InChI is InChI=1S/C44H56BFN4O12/c1-7-11-13-14-31(35(9-3)50(26-51)62-43(56)30-18-16-29(46)23-33(30)27(5)6)40(53)47-25-48-42(55)37-20-19-36(60-37)28-15-17-32(38(22-28)58-10-4)41(54)49-34(24-39(52)61-45)44(57)59-21-12-8-2/h15-20,22-23,26-27,31,34-35H,7-14,21,24-25H2,1-6H3,(H,47,53)(H,48,55)(H,49,54)/t31-,34+,35-/m1/s1. The number of furan rings is 1. The Labute approximate surface area is 362 Å². The predicted molar refractivity (Wildman–Crippen MR) is 225 cm³/mol. The molecule has 3 atom stereocenters. The lowest BCUT2D eigenvalue weighted by Crippen LogP contribution is -2.49. The molecule has 2 radical (unpaired) electrons. The fourth-order valence-corrected chi connectivity index (χ4v) is 6.51. The molecule has 0 aliphatic rings. The highest BCUT2D eigenvalue weighted by Gasteiger charge is 2.34. The molecule has 0 saturated carbocycles. The van der Waals surface area contributed by atoms with Crippen LogP contribution in [0.2, 0.25) is 0 Å². The number of halogens is 1. The number of nitrogens with zero attached hydrogens (tertiary/aromatic N) is 1. The number of esters is 1.